The van der Waals surface area contributed by atoms with Crippen molar-refractivity contribution in [3.63, 3.8) is 0 Å². The molecule has 4 atom stereocenters. The first-order chi connectivity index (χ1) is 14.3. The van der Waals surface area contributed by atoms with E-state index in [1.807, 2.05) is 6.92 Å². The van der Waals surface area contributed by atoms with Gasteiger partial charge >= 0.3 is 0 Å². The molecule has 1 aliphatic rings. The van der Waals surface area contributed by atoms with Crippen molar-refractivity contribution >= 4 is 0 Å². The van der Waals surface area contributed by atoms with Gasteiger partial charge in [0, 0.05) is 0 Å². The smallest absolute Gasteiger partial charge is 0.0609 e. The first-order valence-electron chi connectivity index (χ1n) is 13.5. The van der Waals surface area contributed by atoms with Gasteiger partial charge in [-0.1, -0.05) is 113 Å². The maximum Gasteiger partial charge on any atom is 0.0609 e. The lowest BCUT2D eigenvalue weighted by Crippen LogP contribution is -2.29. The van der Waals surface area contributed by atoms with Crippen LogP contribution in [0.15, 0.2) is 12.7 Å². The fourth-order valence-corrected chi connectivity index (χ4v) is 4.19. The Morgan fingerprint density at radius 1 is 0.900 bits per heavy atom. The van der Waals surface area contributed by atoms with Crippen molar-refractivity contribution in [2.75, 3.05) is 0 Å². The van der Waals surface area contributed by atoms with E-state index in [9.17, 15) is 0 Å². The fourth-order valence-electron chi connectivity index (χ4n) is 4.19. The van der Waals surface area contributed by atoms with Gasteiger partial charge in [0.2, 0.25) is 0 Å². The molecule has 1 fully saturated rings. The zero-order valence-corrected chi connectivity index (χ0v) is 23.1. The minimum absolute atomic E-state index is 0.456. The Morgan fingerprint density at radius 2 is 1.40 bits per heavy atom. The first-order valence-corrected chi connectivity index (χ1v) is 13.5. The highest BCUT2D eigenvalue weighted by molar-refractivity contribution is 4.84. The fraction of sp³-hybridized carbons (Fsp3) is 0.931. The monoisotopic (exact) mass is 426 g/mol. The molecule has 1 heteroatoms. The van der Waals surface area contributed by atoms with Crippen LogP contribution in [0, 0.1) is 17.8 Å². The molecule has 1 aliphatic carbocycles. The Labute approximate surface area is 193 Å². The lowest BCUT2D eigenvalue weighted by Gasteiger charge is -2.31. The Morgan fingerprint density at radius 3 is 1.77 bits per heavy atom. The minimum Gasteiger partial charge on any atom is -0.375 e. The Kier molecular flexibility index (Phi) is 30.6. The zero-order valence-electron chi connectivity index (χ0n) is 23.1. The summed E-state index contributed by atoms with van der Waals surface area (Å²) in [7, 11) is 0. The normalized spacial score (nSPS) is 19.4. The summed E-state index contributed by atoms with van der Waals surface area (Å²) in [5, 5.41) is 0. The lowest BCUT2D eigenvalue weighted by molar-refractivity contribution is -0.0409. The van der Waals surface area contributed by atoms with Crippen LogP contribution in [-0.2, 0) is 4.74 Å². The van der Waals surface area contributed by atoms with Crippen molar-refractivity contribution in [1.82, 2.24) is 0 Å². The Balaban J connectivity index is -0.000000501. The van der Waals surface area contributed by atoms with Gasteiger partial charge in [-0.2, -0.15) is 0 Å². The molecule has 30 heavy (non-hydrogen) atoms. The van der Waals surface area contributed by atoms with Crippen LogP contribution in [-0.4, -0.2) is 12.2 Å². The average Bonchev–Trinajstić information content (AvgIpc) is 3.14. The molecule has 0 amide bonds. The molecule has 1 nitrogen and oxygen atoms in total. The molecule has 4 unspecified atom stereocenters. The van der Waals surface area contributed by atoms with Crippen LogP contribution in [0.5, 0.6) is 0 Å². The third-order valence-electron chi connectivity index (χ3n) is 5.47. The van der Waals surface area contributed by atoms with Crippen molar-refractivity contribution in [2.45, 2.75) is 158 Å². The first kappa shape index (κ1) is 34.3. The summed E-state index contributed by atoms with van der Waals surface area (Å²) in [5.74, 6) is 2.53. The number of ether oxygens (including phenoxy) is 1. The highest BCUT2D eigenvalue weighted by Crippen LogP contribution is 2.39. The van der Waals surface area contributed by atoms with E-state index in [0.29, 0.717) is 12.2 Å². The molecule has 0 aromatic rings. The molecule has 0 spiro atoms. The van der Waals surface area contributed by atoms with Gasteiger partial charge in [-0.05, 0) is 57.3 Å². The van der Waals surface area contributed by atoms with E-state index < -0.39 is 0 Å². The summed E-state index contributed by atoms with van der Waals surface area (Å²) in [6.07, 6.45) is 18.8. The minimum atomic E-state index is 0.456. The van der Waals surface area contributed by atoms with Gasteiger partial charge in [0.15, 0.2) is 0 Å². The van der Waals surface area contributed by atoms with E-state index in [2.05, 4.69) is 68.9 Å². The van der Waals surface area contributed by atoms with Crippen LogP contribution >= 0.6 is 0 Å². The maximum atomic E-state index is 6.33. The van der Waals surface area contributed by atoms with Gasteiger partial charge in [0.1, 0.15) is 0 Å². The quantitative estimate of drug-likeness (QED) is 0.236. The van der Waals surface area contributed by atoms with Crippen LogP contribution in [0.1, 0.15) is 146 Å². The molecule has 184 valence electrons. The zero-order chi connectivity index (χ0) is 23.8. The van der Waals surface area contributed by atoms with Crippen LogP contribution < -0.4 is 0 Å². The Bertz CT molecular complexity index is 305. The van der Waals surface area contributed by atoms with E-state index in [0.717, 1.165) is 17.8 Å². The SMILES string of the molecule is C=CC.CCC.CCCC(C)OC1CCCC1C(CC)CC(C)C.CCCCCC. The molecule has 0 N–H and O–H groups in total. The number of allylic oxidation sites excluding steroid dienone is 1. The summed E-state index contributed by atoms with van der Waals surface area (Å²) in [6.45, 7) is 25.5. The largest absolute Gasteiger partial charge is 0.375 e. The number of hydrogen-bond acceptors (Lipinski definition) is 1. The second kappa shape index (κ2) is 26.7. The average molecular weight is 427 g/mol. The van der Waals surface area contributed by atoms with Crippen LogP contribution in [0.25, 0.3) is 0 Å². The van der Waals surface area contributed by atoms with E-state index in [1.54, 1.807) is 6.08 Å². The van der Waals surface area contributed by atoms with Gasteiger partial charge < -0.3 is 4.74 Å². The van der Waals surface area contributed by atoms with Crippen molar-refractivity contribution < 1.29 is 4.74 Å². The topological polar surface area (TPSA) is 9.23 Å². The molecule has 0 aromatic carbocycles. The van der Waals surface area contributed by atoms with Crippen molar-refractivity contribution in [2.24, 2.45) is 17.8 Å². The lowest BCUT2D eigenvalue weighted by atomic mass is 9.81. The highest BCUT2D eigenvalue weighted by Gasteiger charge is 2.34. The third kappa shape index (κ3) is 22.4. The molecule has 1 rings (SSSR count). The standard InChI is InChI=1S/C17H34O.C6H14.C3H8.C3H6/c1-6-9-14(5)18-17-11-8-10-16(17)15(7-2)12-13(3)4;1-3-5-6-4-2;2*1-3-2/h13-17H,6-12H2,1-5H3;3-6H2,1-2H3;3H2,1-2H3;3H,1H2,2H3. The van der Waals surface area contributed by atoms with Gasteiger partial charge in [0.05, 0.1) is 12.2 Å². The Hall–Kier alpha value is -0.300. The molecule has 0 aromatic heterocycles. The molecular formula is C29H62O. The number of unbranched alkanes of at least 4 members (excludes halogenated alkanes) is 3. The second-order valence-corrected chi connectivity index (χ2v) is 9.49. The van der Waals surface area contributed by atoms with Gasteiger partial charge in [-0.15, -0.1) is 6.58 Å². The van der Waals surface area contributed by atoms with Crippen molar-refractivity contribution in [3.05, 3.63) is 12.7 Å². The van der Waals surface area contributed by atoms with Crippen LogP contribution in [0.2, 0.25) is 0 Å². The maximum absolute atomic E-state index is 6.33. The van der Waals surface area contributed by atoms with Gasteiger partial charge in [-0.25, -0.2) is 0 Å². The van der Waals surface area contributed by atoms with E-state index >= 15 is 0 Å². The van der Waals surface area contributed by atoms with Gasteiger partial charge in [-0.3, -0.25) is 0 Å². The van der Waals surface area contributed by atoms with Gasteiger partial charge in [0.25, 0.3) is 0 Å². The number of rotatable bonds is 11. The summed E-state index contributed by atoms with van der Waals surface area (Å²) in [4.78, 5) is 0. The summed E-state index contributed by atoms with van der Waals surface area (Å²) in [6, 6.07) is 0. The van der Waals surface area contributed by atoms with E-state index in [-0.39, 0.29) is 0 Å². The molecule has 0 heterocycles. The molecule has 0 saturated heterocycles. The van der Waals surface area contributed by atoms with E-state index in [4.69, 9.17) is 4.74 Å². The van der Waals surface area contributed by atoms with Crippen LogP contribution in [0.3, 0.4) is 0 Å². The predicted octanol–water partition coefficient (Wildman–Crippen LogP) is 10.6. The summed E-state index contributed by atoms with van der Waals surface area (Å²) < 4.78 is 6.33. The van der Waals surface area contributed by atoms with Crippen molar-refractivity contribution in [1.29, 1.82) is 0 Å². The second-order valence-electron chi connectivity index (χ2n) is 9.49. The molecule has 0 radical (unpaired) electrons. The third-order valence-corrected chi connectivity index (χ3v) is 5.47. The molecular weight excluding hydrogens is 364 g/mol. The molecule has 0 aliphatic heterocycles. The van der Waals surface area contributed by atoms with Crippen LogP contribution in [0.4, 0.5) is 0 Å². The van der Waals surface area contributed by atoms with Crippen molar-refractivity contribution in [3.8, 4) is 0 Å². The van der Waals surface area contributed by atoms with E-state index in [1.165, 1.54) is 77.0 Å². The molecule has 1 saturated carbocycles. The number of hydrogen-bond donors (Lipinski definition) is 0. The molecule has 0 bridgehead atoms. The predicted molar refractivity (Wildman–Crippen MR) is 141 cm³/mol. The highest BCUT2D eigenvalue weighted by atomic mass is 16.5. The summed E-state index contributed by atoms with van der Waals surface area (Å²) >= 11 is 0. The summed E-state index contributed by atoms with van der Waals surface area (Å²) in [5.41, 5.74) is 0.